The number of anilines is 1. The molecule has 8 heteroatoms. The normalized spacial score (nSPS) is 21.7. The van der Waals surface area contributed by atoms with Crippen LogP contribution in [0.1, 0.15) is 43.6 Å². The van der Waals surface area contributed by atoms with Crippen LogP contribution in [0.5, 0.6) is 5.75 Å². The van der Waals surface area contributed by atoms with Crippen LogP contribution in [0.3, 0.4) is 0 Å². The van der Waals surface area contributed by atoms with Gasteiger partial charge in [0.05, 0.1) is 11.7 Å². The van der Waals surface area contributed by atoms with Gasteiger partial charge in [-0.05, 0) is 50.5 Å². The Morgan fingerprint density at radius 2 is 1.86 bits per heavy atom. The van der Waals surface area contributed by atoms with Crippen LogP contribution in [0.25, 0.3) is 0 Å². The summed E-state index contributed by atoms with van der Waals surface area (Å²) in [5.74, 6) is 0.500. The Hall–Kier alpha value is -3.10. The van der Waals surface area contributed by atoms with E-state index in [0.717, 1.165) is 13.1 Å². The molecule has 1 heterocycles. The summed E-state index contributed by atoms with van der Waals surface area (Å²) in [7, 11) is 3.47. The monoisotopic (exact) mass is 496 g/mol. The van der Waals surface area contributed by atoms with Crippen LogP contribution in [0.4, 0.5) is 10.5 Å². The Morgan fingerprint density at radius 1 is 1.14 bits per heavy atom. The molecule has 1 aliphatic heterocycles. The van der Waals surface area contributed by atoms with Crippen molar-refractivity contribution in [1.29, 1.82) is 0 Å². The second-order valence-corrected chi connectivity index (χ2v) is 9.98. The summed E-state index contributed by atoms with van der Waals surface area (Å²) in [4.78, 5) is 29.8. The van der Waals surface area contributed by atoms with Crippen molar-refractivity contribution in [2.24, 2.45) is 5.92 Å². The minimum absolute atomic E-state index is 0.00123. The molecule has 0 aromatic heterocycles. The number of benzene rings is 2. The Morgan fingerprint density at radius 3 is 2.53 bits per heavy atom. The van der Waals surface area contributed by atoms with Gasteiger partial charge in [-0.2, -0.15) is 0 Å². The molecule has 0 spiro atoms. The van der Waals surface area contributed by atoms with Crippen molar-refractivity contribution in [2.75, 3.05) is 39.2 Å². The number of hydrogen-bond acceptors (Lipinski definition) is 5. The fraction of sp³-hybridized carbons (Fsp3) is 0.500. The topological polar surface area (TPSA) is 83.1 Å². The molecule has 0 unspecified atom stereocenters. The Bertz CT molecular complexity index is 1010. The molecule has 2 aromatic carbocycles. The van der Waals surface area contributed by atoms with Crippen molar-refractivity contribution < 1.29 is 19.1 Å². The zero-order chi connectivity index (χ0) is 26.2. The summed E-state index contributed by atoms with van der Waals surface area (Å²) in [5.41, 5.74) is 2.17. The average Bonchev–Trinajstić information content (AvgIpc) is 2.84. The minimum atomic E-state index is -0.321. The van der Waals surface area contributed by atoms with Crippen molar-refractivity contribution in [3.8, 4) is 5.75 Å². The number of carbonyl (C=O) groups excluding carboxylic acids is 2. The maximum absolute atomic E-state index is 13.5. The van der Waals surface area contributed by atoms with Crippen molar-refractivity contribution >= 4 is 17.6 Å². The molecule has 8 nitrogen and oxygen atoms in total. The molecule has 3 atom stereocenters. The number of likely N-dealkylation sites (N-methyl/N-ethyl adjacent to an activating group) is 1. The van der Waals surface area contributed by atoms with Gasteiger partial charge in [-0.1, -0.05) is 37.3 Å². The van der Waals surface area contributed by atoms with Crippen LogP contribution < -0.4 is 15.4 Å². The van der Waals surface area contributed by atoms with E-state index in [1.165, 1.54) is 5.56 Å². The first kappa shape index (κ1) is 27.5. The zero-order valence-corrected chi connectivity index (χ0v) is 22.3. The molecule has 0 fully saturated rings. The first-order valence-corrected chi connectivity index (χ1v) is 12.6. The van der Waals surface area contributed by atoms with E-state index in [9.17, 15) is 9.59 Å². The highest BCUT2D eigenvalue weighted by Crippen LogP contribution is 2.27. The van der Waals surface area contributed by atoms with Gasteiger partial charge in [0.1, 0.15) is 12.4 Å². The quantitative estimate of drug-likeness (QED) is 0.648. The third-order valence-electron chi connectivity index (χ3n) is 6.48. The summed E-state index contributed by atoms with van der Waals surface area (Å²) in [6.45, 7) is 10.5. The molecule has 3 amide bonds. The minimum Gasteiger partial charge on any atom is -0.491 e. The average molecular weight is 497 g/mol. The van der Waals surface area contributed by atoms with Crippen LogP contribution in [0, 0.1) is 5.92 Å². The molecular weight excluding hydrogens is 456 g/mol. The van der Waals surface area contributed by atoms with E-state index in [1.54, 1.807) is 37.3 Å². The molecule has 1 aliphatic rings. The first-order chi connectivity index (χ1) is 17.2. The number of carbonyl (C=O) groups is 2. The highest BCUT2D eigenvalue weighted by molar-refractivity contribution is 5.99. The molecule has 0 aliphatic carbocycles. The molecule has 36 heavy (non-hydrogen) atoms. The van der Waals surface area contributed by atoms with Crippen molar-refractivity contribution in [3.05, 3.63) is 59.7 Å². The fourth-order valence-corrected chi connectivity index (χ4v) is 4.40. The highest BCUT2D eigenvalue weighted by atomic mass is 16.5. The summed E-state index contributed by atoms with van der Waals surface area (Å²) < 4.78 is 12.1. The van der Waals surface area contributed by atoms with Crippen LogP contribution in [0.15, 0.2) is 48.5 Å². The number of ether oxygens (including phenoxy) is 2. The maximum Gasteiger partial charge on any atom is 0.319 e. The number of nitrogens with zero attached hydrogens (tertiary/aromatic N) is 2. The molecule has 2 N–H and O–H groups in total. The number of amides is 3. The van der Waals surface area contributed by atoms with Gasteiger partial charge < -0.3 is 25.0 Å². The van der Waals surface area contributed by atoms with E-state index in [2.05, 4.69) is 53.6 Å². The molecule has 2 aromatic rings. The van der Waals surface area contributed by atoms with Crippen LogP contribution >= 0.6 is 0 Å². The highest BCUT2D eigenvalue weighted by Gasteiger charge is 2.28. The molecule has 0 radical (unpaired) electrons. The molecule has 0 saturated carbocycles. The number of urea groups is 1. The molecular formula is C28H40N4O4. The van der Waals surface area contributed by atoms with Gasteiger partial charge in [-0.3, -0.25) is 9.69 Å². The third kappa shape index (κ3) is 7.45. The van der Waals surface area contributed by atoms with E-state index >= 15 is 0 Å². The maximum atomic E-state index is 13.5. The molecule has 196 valence electrons. The Kier molecular flexibility index (Phi) is 9.73. The molecule has 0 saturated heterocycles. The van der Waals surface area contributed by atoms with E-state index in [4.69, 9.17) is 9.47 Å². The Balaban J connectivity index is 1.91. The van der Waals surface area contributed by atoms with Gasteiger partial charge in [-0.25, -0.2) is 4.79 Å². The summed E-state index contributed by atoms with van der Waals surface area (Å²) in [6, 6.07) is 15.4. The summed E-state index contributed by atoms with van der Waals surface area (Å²) in [5, 5.41) is 5.60. The second kappa shape index (κ2) is 12.7. The Labute approximate surface area is 214 Å². The summed E-state index contributed by atoms with van der Waals surface area (Å²) in [6.07, 6.45) is -0.133. The first-order valence-electron chi connectivity index (χ1n) is 12.6. The van der Waals surface area contributed by atoms with Crippen molar-refractivity contribution in [1.82, 2.24) is 15.1 Å². The van der Waals surface area contributed by atoms with Crippen molar-refractivity contribution in [2.45, 2.75) is 52.4 Å². The van der Waals surface area contributed by atoms with Crippen LogP contribution in [-0.2, 0) is 11.3 Å². The number of nitrogens with one attached hydrogen (secondary N) is 2. The fourth-order valence-electron chi connectivity index (χ4n) is 4.40. The zero-order valence-electron chi connectivity index (χ0n) is 22.3. The third-order valence-corrected chi connectivity index (χ3v) is 6.48. The molecule has 0 bridgehead atoms. The van der Waals surface area contributed by atoms with Gasteiger partial charge in [0.15, 0.2) is 0 Å². The van der Waals surface area contributed by atoms with E-state index < -0.39 is 0 Å². The van der Waals surface area contributed by atoms with Crippen molar-refractivity contribution in [3.63, 3.8) is 0 Å². The van der Waals surface area contributed by atoms with Crippen LogP contribution in [0.2, 0.25) is 0 Å². The lowest BCUT2D eigenvalue weighted by Gasteiger charge is -2.36. The second-order valence-electron chi connectivity index (χ2n) is 9.98. The van der Waals surface area contributed by atoms with Gasteiger partial charge in [0.2, 0.25) is 0 Å². The van der Waals surface area contributed by atoms with E-state index in [0.29, 0.717) is 30.2 Å². The predicted molar refractivity (Wildman–Crippen MR) is 142 cm³/mol. The number of rotatable bonds is 5. The van der Waals surface area contributed by atoms with E-state index in [-0.39, 0.29) is 36.0 Å². The summed E-state index contributed by atoms with van der Waals surface area (Å²) >= 11 is 0. The number of hydrogen-bond donors (Lipinski definition) is 2. The molecule has 3 rings (SSSR count). The van der Waals surface area contributed by atoms with Gasteiger partial charge >= 0.3 is 6.03 Å². The predicted octanol–water partition coefficient (Wildman–Crippen LogP) is 4.22. The SMILES string of the molecule is CO[C@@H]1CN(C)C(=O)c2cc(NC(=O)NC(C)C)ccc2OC[C@@H](C)N(Cc2ccccc2)C[C@@H]1C. The lowest BCUT2D eigenvalue weighted by atomic mass is 10.0. The smallest absolute Gasteiger partial charge is 0.319 e. The lowest BCUT2D eigenvalue weighted by Crippen LogP contribution is -2.46. The van der Waals surface area contributed by atoms with Gasteiger partial charge in [-0.15, -0.1) is 0 Å². The number of methoxy groups -OCH3 is 1. The number of fused-ring (bicyclic) bond motifs is 1. The largest absolute Gasteiger partial charge is 0.491 e. The van der Waals surface area contributed by atoms with Gasteiger partial charge in [0.25, 0.3) is 5.91 Å². The van der Waals surface area contributed by atoms with E-state index in [1.807, 2.05) is 19.9 Å². The standard InChI is InChI=1S/C28H40N4O4/c1-19(2)29-28(34)30-23-12-13-25-24(14-23)27(33)31(5)17-26(35-6)20(3)15-32(21(4)18-36-25)16-22-10-8-7-9-11-22/h7-14,19-21,26H,15-18H2,1-6H3,(H2,29,30,34)/t20-,21+,26+/m0/s1. The van der Waals surface area contributed by atoms with Crippen LogP contribution in [-0.4, -0.2) is 73.8 Å². The van der Waals surface area contributed by atoms with Gasteiger partial charge in [0, 0.05) is 51.6 Å². The lowest BCUT2D eigenvalue weighted by molar-refractivity contribution is 0.00921.